The number of nitro groups is 2. The van der Waals surface area contributed by atoms with Gasteiger partial charge in [-0.1, -0.05) is 39.8 Å². The van der Waals surface area contributed by atoms with Crippen LogP contribution < -0.4 is 4.90 Å². The molecule has 15 heteroatoms. The first-order chi connectivity index (χ1) is 21.6. The van der Waals surface area contributed by atoms with Gasteiger partial charge < -0.3 is 9.64 Å². The molecule has 45 heavy (non-hydrogen) atoms. The zero-order valence-corrected chi connectivity index (χ0v) is 25.4. The Morgan fingerprint density at radius 3 is 1.98 bits per heavy atom. The number of anilines is 1. The molecule has 0 unspecified atom stereocenters. The molecule has 0 aromatic heterocycles. The van der Waals surface area contributed by atoms with Crippen LogP contribution >= 0.6 is 0 Å². The first kappa shape index (κ1) is 35.6. The normalized spacial score (nSPS) is 11.6. The summed E-state index contributed by atoms with van der Waals surface area (Å²) in [5.41, 5.74) is -0.707. The lowest BCUT2D eigenvalue weighted by atomic mass is 10.1. The average Bonchev–Trinajstić information content (AvgIpc) is 3.29. The third kappa shape index (κ3) is 8.95. The van der Waals surface area contributed by atoms with Gasteiger partial charge in [0.25, 0.3) is 11.8 Å². The van der Waals surface area contributed by atoms with Crippen molar-refractivity contribution in [3.8, 4) is 0 Å². The number of imide groups is 1. The number of carbonyl (C=O) groups is 3. The zero-order valence-electron chi connectivity index (χ0n) is 25.4. The van der Waals surface area contributed by atoms with Gasteiger partial charge in [0.2, 0.25) is 5.82 Å². The highest BCUT2D eigenvalue weighted by atomic mass is 19.1. The van der Waals surface area contributed by atoms with Crippen molar-refractivity contribution < 1.29 is 33.4 Å². The molecule has 0 aliphatic carbocycles. The number of amides is 2. The highest BCUT2D eigenvalue weighted by Crippen LogP contribution is 2.35. The largest absolute Gasteiger partial charge is 0.464 e. The smallest absolute Gasteiger partial charge is 0.311 e. The Morgan fingerprint density at radius 1 is 0.889 bits per heavy atom. The van der Waals surface area contributed by atoms with Crippen LogP contribution in [0.3, 0.4) is 0 Å². The molecule has 238 valence electrons. The number of esters is 1. The summed E-state index contributed by atoms with van der Waals surface area (Å²) in [6, 6.07) is 13.9. The molecule has 0 saturated heterocycles. The molecule has 3 aromatic carbocycles. The Morgan fingerprint density at radius 2 is 1.44 bits per heavy atom. The standard InChI is InChI=1S/C26H21FN6O8.2C2H6/c1-30(11-10-24(34)41-13-12-31-25(35)18-4-2-3-5-19(18)26(31)36)17-8-6-16(7-9-17)28-29-21-14-20(27)22(32(37)38)15-23(21)33(39)40;2*1-2/h2-9,14-15H,10-13H2,1H3;2*1-2H3. The van der Waals surface area contributed by atoms with E-state index in [0.29, 0.717) is 28.9 Å². The monoisotopic (exact) mass is 624 g/mol. The van der Waals surface area contributed by atoms with Crippen molar-refractivity contribution in [1.82, 2.24) is 4.90 Å². The summed E-state index contributed by atoms with van der Waals surface area (Å²) < 4.78 is 19.1. The fourth-order valence-corrected chi connectivity index (χ4v) is 3.95. The van der Waals surface area contributed by atoms with Gasteiger partial charge in [-0.15, -0.1) is 5.11 Å². The Kier molecular flexibility index (Phi) is 13.4. The molecule has 3 aromatic rings. The van der Waals surface area contributed by atoms with Gasteiger partial charge in [0.15, 0.2) is 5.69 Å². The third-order valence-corrected chi connectivity index (χ3v) is 6.11. The van der Waals surface area contributed by atoms with Crippen LogP contribution in [0.15, 0.2) is 70.9 Å². The molecule has 0 saturated carbocycles. The lowest BCUT2D eigenvalue weighted by molar-refractivity contribution is -0.395. The van der Waals surface area contributed by atoms with Gasteiger partial charge in [-0.3, -0.25) is 39.5 Å². The fourth-order valence-electron chi connectivity index (χ4n) is 3.95. The molecule has 0 fully saturated rings. The van der Waals surface area contributed by atoms with Crippen molar-refractivity contribution in [3.63, 3.8) is 0 Å². The molecule has 1 aliphatic rings. The molecule has 0 bridgehead atoms. The molecule has 1 heterocycles. The van der Waals surface area contributed by atoms with E-state index < -0.39 is 50.5 Å². The van der Waals surface area contributed by atoms with Crippen molar-refractivity contribution in [3.05, 3.63) is 97.8 Å². The number of benzene rings is 3. The van der Waals surface area contributed by atoms with Gasteiger partial charge in [-0.25, -0.2) is 0 Å². The molecular formula is C30H33FN6O8. The number of carbonyl (C=O) groups excluding carboxylic acids is 3. The van der Waals surface area contributed by atoms with E-state index in [4.69, 9.17) is 4.74 Å². The molecule has 0 atom stereocenters. The highest BCUT2D eigenvalue weighted by molar-refractivity contribution is 6.21. The molecule has 1 aliphatic heterocycles. The van der Waals surface area contributed by atoms with Gasteiger partial charge in [0, 0.05) is 25.3 Å². The summed E-state index contributed by atoms with van der Waals surface area (Å²) in [5.74, 6) is -2.66. The summed E-state index contributed by atoms with van der Waals surface area (Å²) in [6.45, 7) is 8.09. The number of azo groups is 1. The number of halogens is 1. The lowest BCUT2D eigenvalue weighted by Gasteiger charge is -2.19. The number of nitrogens with zero attached hydrogens (tertiary/aromatic N) is 6. The molecule has 0 N–H and O–H groups in total. The number of ether oxygens (including phenoxy) is 1. The van der Waals surface area contributed by atoms with Gasteiger partial charge in [0.05, 0.1) is 45.7 Å². The van der Waals surface area contributed by atoms with Crippen molar-refractivity contribution in [1.29, 1.82) is 0 Å². The Bertz CT molecular complexity index is 1540. The van der Waals surface area contributed by atoms with E-state index in [1.165, 1.54) is 12.1 Å². The van der Waals surface area contributed by atoms with Crippen LogP contribution in [0.5, 0.6) is 0 Å². The maximum atomic E-state index is 13.9. The van der Waals surface area contributed by atoms with E-state index in [1.807, 2.05) is 27.7 Å². The first-order valence-electron chi connectivity index (χ1n) is 14.0. The summed E-state index contributed by atoms with van der Waals surface area (Å²) in [4.78, 5) is 59.8. The predicted molar refractivity (Wildman–Crippen MR) is 164 cm³/mol. The van der Waals surface area contributed by atoms with Crippen molar-refractivity contribution in [2.24, 2.45) is 10.2 Å². The average molecular weight is 625 g/mol. The maximum absolute atomic E-state index is 13.9. The first-order valence-corrected chi connectivity index (χ1v) is 14.0. The van der Waals surface area contributed by atoms with Crippen LogP contribution in [-0.4, -0.2) is 59.3 Å². The Labute approximate surface area is 258 Å². The third-order valence-electron chi connectivity index (χ3n) is 6.11. The molecule has 2 amide bonds. The van der Waals surface area contributed by atoms with Crippen LogP contribution in [0.25, 0.3) is 0 Å². The number of hydrogen-bond acceptors (Lipinski definition) is 11. The Hall–Kier alpha value is -5.60. The van der Waals surface area contributed by atoms with Crippen LogP contribution in [0.2, 0.25) is 0 Å². The topological polar surface area (TPSA) is 178 Å². The highest BCUT2D eigenvalue weighted by Gasteiger charge is 2.34. The summed E-state index contributed by atoms with van der Waals surface area (Å²) >= 11 is 0. The van der Waals surface area contributed by atoms with Crippen LogP contribution in [0.4, 0.5) is 32.8 Å². The molecular weight excluding hydrogens is 591 g/mol. The second-order valence-electron chi connectivity index (χ2n) is 8.72. The molecule has 14 nitrogen and oxygen atoms in total. The summed E-state index contributed by atoms with van der Waals surface area (Å²) in [6.07, 6.45) is 0.0233. The van der Waals surface area contributed by atoms with Gasteiger partial charge in [0.1, 0.15) is 6.61 Å². The maximum Gasteiger partial charge on any atom is 0.311 e. The van der Waals surface area contributed by atoms with Gasteiger partial charge >= 0.3 is 17.3 Å². The minimum absolute atomic E-state index is 0.0233. The van der Waals surface area contributed by atoms with E-state index in [9.17, 15) is 39.0 Å². The second kappa shape index (κ2) is 16.9. The number of rotatable bonds is 11. The summed E-state index contributed by atoms with van der Waals surface area (Å²) in [7, 11) is 1.73. The molecule has 4 rings (SSSR count). The van der Waals surface area contributed by atoms with E-state index >= 15 is 0 Å². The predicted octanol–water partition coefficient (Wildman–Crippen LogP) is 6.78. The zero-order chi connectivity index (χ0) is 33.7. The minimum atomic E-state index is -1.28. The van der Waals surface area contributed by atoms with Gasteiger partial charge in [-0.2, -0.15) is 9.50 Å². The van der Waals surface area contributed by atoms with Gasteiger partial charge in [-0.05, 0) is 36.4 Å². The van der Waals surface area contributed by atoms with E-state index in [2.05, 4.69) is 10.2 Å². The quantitative estimate of drug-likeness (QED) is 0.0731. The minimum Gasteiger partial charge on any atom is -0.464 e. The summed E-state index contributed by atoms with van der Waals surface area (Å²) in [5, 5.41) is 29.6. The lowest BCUT2D eigenvalue weighted by Crippen LogP contribution is -2.33. The number of nitro benzene ring substituents is 2. The van der Waals surface area contributed by atoms with Crippen molar-refractivity contribution in [2.45, 2.75) is 34.1 Å². The number of hydrogen-bond donors (Lipinski definition) is 0. The fraction of sp³-hybridized carbons (Fsp3) is 0.300. The van der Waals surface area contributed by atoms with Crippen LogP contribution in [-0.2, 0) is 9.53 Å². The number of fused-ring (bicyclic) bond motifs is 1. The van der Waals surface area contributed by atoms with Crippen LogP contribution in [0.1, 0.15) is 54.8 Å². The second-order valence-corrected chi connectivity index (χ2v) is 8.72. The Balaban J connectivity index is 0.00000169. The van der Waals surface area contributed by atoms with Crippen molar-refractivity contribution in [2.75, 3.05) is 31.6 Å². The van der Waals surface area contributed by atoms with E-state index in [0.717, 1.165) is 4.90 Å². The molecule has 0 spiro atoms. The SMILES string of the molecule is CC.CC.CN(CCC(=O)OCCN1C(=O)c2ccccc2C1=O)c1ccc(N=Nc2cc(F)c([N+](=O)[O-])cc2[N+](=O)[O-])cc1. The molecule has 0 radical (unpaired) electrons. The van der Waals surface area contributed by atoms with E-state index in [1.54, 1.807) is 48.3 Å². The van der Waals surface area contributed by atoms with E-state index in [-0.39, 0.29) is 31.8 Å². The van der Waals surface area contributed by atoms with Crippen molar-refractivity contribution >= 4 is 46.2 Å². The van der Waals surface area contributed by atoms with Crippen LogP contribution in [0, 0.1) is 26.0 Å².